The Balaban J connectivity index is 2.05. The van der Waals surface area contributed by atoms with Gasteiger partial charge in [0.2, 0.25) is 5.91 Å². The Labute approximate surface area is 142 Å². The number of carbonyl (C=O) groups excluding carboxylic acids is 1. The predicted molar refractivity (Wildman–Crippen MR) is 88.8 cm³/mol. The number of hydrogen-bond donors (Lipinski definition) is 2. The molecular weight excluding hydrogens is 365 g/mol. The van der Waals surface area contributed by atoms with Crippen molar-refractivity contribution in [3.05, 3.63) is 63.9 Å². The second kappa shape index (κ2) is 8.08. The van der Waals surface area contributed by atoms with Crippen LogP contribution in [0, 0.1) is 5.82 Å². The maximum Gasteiger partial charge on any atom is 0.224 e. The van der Waals surface area contributed by atoms with E-state index in [4.69, 9.17) is 4.74 Å². The minimum absolute atomic E-state index is 0.0966. The Bertz CT molecular complexity index is 693. The first-order chi connectivity index (χ1) is 11.0. The molecule has 0 saturated carbocycles. The number of aliphatic hydroxyl groups excluding tert-OH is 1. The highest BCUT2D eigenvalue weighted by Gasteiger charge is 2.15. The molecule has 0 radical (unpaired) electrons. The normalized spacial score (nSPS) is 11.8. The van der Waals surface area contributed by atoms with Crippen LogP contribution >= 0.6 is 15.9 Å². The van der Waals surface area contributed by atoms with Crippen molar-refractivity contribution >= 4 is 21.8 Å². The Kier molecular flexibility index (Phi) is 6.12. The van der Waals surface area contributed by atoms with Gasteiger partial charge in [-0.15, -0.1) is 0 Å². The first-order valence-corrected chi connectivity index (χ1v) is 7.81. The topological polar surface area (TPSA) is 58.6 Å². The largest absolute Gasteiger partial charge is 0.497 e. The van der Waals surface area contributed by atoms with Gasteiger partial charge in [-0.1, -0.05) is 18.2 Å². The molecule has 23 heavy (non-hydrogen) atoms. The van der Waals surface area contributed by atoms with Crippen molar-refractivity contribution in [3.8, 4) is 5.75 Å². The van der Waals surface area contributed by atoms with Crippen LogP contribution in [-0.4, -0.2) is 24.7 Å². The summed E-state index contributed by atoms with van der Waals surface area (Å²) in [5.74, 6) is 0.0156. The third-order valence-corrected chi connectivity index (χ3v) is 3.97. The highest BCUT2D eigenvalue weighted by atomic mass is 79.9. The Morgan fingerprint density at radius 3 is 2.78 bits per heavy atom. The SMILES string of the molecule is COc1cccc([C@H](CO)NC(=O)Cc2ccc(F)c(Br)c2)c1. The van der Waals surface area contributed by atoms with Crippen LogP contribution in [0.25, 0.3) is 0 Å². The number of aliphatic hydroxyl groups is 1. The third kappa shape index (κ3) is 4.77. The summed E-state index contributed by atoms with van der Waals surface area (Å²) < 4.78 is 18.7. The number of halogens is 2. The minimum atomic E-state index is -0.526. The number of rotatable bonds is 6. The van der Waals surface area contributed by atoms with Crippen molar-refractivity contribution in [3.63, 3.8) is 0 Å². The monoisotopic (exact) mass is 381 g/mol. The summed E-state index contributed by atoms with van der Waals surface area (Å²) in [4.78, 5) is 12.1. The summed E-state index contributed by atoms with van der Waals surface area (Å²) in [7, 11) is 1.55. The van der Waals surface area contributed by atoms with Gasteiger partial charge in [-0.25, -0.2) is 4.39 Å². The van der Waals surface area contributed by atoms with Crippen LogP contribution in [0.1, 0.15) is 17.2 Å². The van der Waals surface area contributed by atoms with Crippen LogP contribution in [0.15, 0.2) is 46.9 Å². The molecule has 0 aliphatic heterocycles. The molecule has 2 aromatic rings. The Morgan fingerprint density at radius 2 is 2.13 bits per heavy atom. The quantitative estimate of drug-likeness (QED) is 0.808. The number of methoxy groups -OCH3 is 1. The van der Waals surface area contributed by atoms with Gasteiger partial charge in [-0.05, 0) is 51.3 Å². The Morgan fingerprint density at radius 1 is 1.35 bits per heavy atom. The lowest BCUT2D eigenvalue weighted by molar-refractivity contribution is -0.121. The zero-order chi connectivity index (χ0) is 16.8. The first-order valence-electron chi connectivity index (χ1n) is 7.01. The van der Waals surface area contributed by atoms with Gasteiger partial charge in [-0.2, -0.15) is 0 Å². The highest BCUT2D eigenvalue weighted by Crippen LogP contribution is 2.20. The lowest BCUT2D eigenvalue weighted by Gasteiger charge is -2.17. The molecule has 0 saturated heterocycles. The van der Waals surface area contributed by atoms with Gasteiger partial charge in [0.05, 0.1) is 30.7 Å². The molecular formula is C17H17BrFNO3. The number of nitrogens with one attached hydrogen (secondary N) is 1. The minimum Gasteiger partial charge on any atom is -0.497 e. The van der Waals surface area contributed by atoms with Crippen LogP contribution < -0.4 is 10.1 Å². The van der Waals surface area contributed by atoms with E-state index in [2.05, 4.69) is 21.2 Å². The number of hydrogen-bond acceptors (Lipinski definition) is 3. The van der Waals surface area contributed by atoms with Crippen molar-refractivity contribution in [2.45, 2.75) is 12.5 Å². The van der Waals surface area contributed by atoms with E-state index in [-0.39, 0.29) is 24.8 Å². The van der Waals surface area contributed by atoms with Gasteiger partial charge >= 0.3 is 0 Å². The molecule has 0 aromatic heterocycles. The summed E-state index contributed by atoms with van der Waals surface area (Å²) in [6.07, 6.45) is 0.0966. The molecule has 0 fully saturated rings. The molecule has 1 atom stereocenters. The molecule has 6 heteroatoms. The summed E-state index contributed by atoms with van der Waals surface area (Å²) in [5.41, 5.74) is 1.43. The van der Waals surface area contributed by atoms with E-state index in [1.165, 1.54) is 6.07 Å². The molecule has 0 spiro atoms. The molecule has 122 valence electrons. The third-order valence-electron chi connectivity index (χ3n) is 3.36. The summed E-state index contributed by atoms with van der Waals surface area (Å²) in [6, 6.07) is 11.0. The average molecular weight is 382 g/mol. The van der Waals surface area contributed by atoms with E-state index in [1.807, 2.05) is 0 Å². The van der Waals surface area contributed by atoms with Crippen molar-refractivity contribution in [2.75, 3.05) is 13.7 Å². The summed E-state index contributed by atoms with van der Waals surface area (Å²) >= 11 is 3.09. The van der Waals surface area contributed by atoms with Crippen LogP contribution in [0.4, 0.5) is 4.39 Å². The number of benzene rings is 2. The maximum atomic E-state index is 13.2. The van der Waals surface area contributed by atoms with E-state index in [9.17, 15) is 14.3 Å². The zero-order valence-electron chi connectivity index (χ0n) is 12.6. The molecule has 0 heterocycles. The number of amides is 1. The molecule has 0 bridgehead atoms. The standard InChI is InChI=1S/C17H17BrFNO3/c1-23-13-4-2-3-12(9-13)16(10-21)20-17(22)8-11-5-6-15(19)14(18)7-11/h2-7,9,16,21H,8,10H2,1H3,(H,20,22)/t16-/m0/s1. The van der Waals surface area contributed by atoms with Crippen molar-refractivity contribution in [2.24, 2.45) is 0 Å². The van der Waals surface area contributed by atoms with Gasteiger partial charge in [0.25, 0.3) is 0 Å². The summed E-state index contributed by atoms with van der Waals surface area (Å²) in [5, 5.41) is 12.3. The van der Waals surface area contributed by atoms with E-state index >= 15 is 0 Å². The van der Waals surface area contributed by atoms with E-state index < -0.39 is 6.04 Å². The average Bonchev–Trinajstić information content (AvgIpc) is 2.56. The second-order valence-electron chi connectivity index (χ2n) is 5.00. The second-order valence-corrected chi connectivity index (χ2v) is 5.86. The smallest absolute Gasteiger partial charge is 0.224 e. The van der Waals surface area contributed by atoms with E-state index in [0.29, 0.717) is 15.8 Å². The van der Waals surface area contributed by atoms with E-state index in [1.54, 1.807) is 43.5 Å². The number of ether oxygens (including phenoxy) is 1. The fourth-order valence-corrected chi connectivity index (χ4v) is 2.60. The maximum absolute atomic E-state index is 13.2. The van der Waals surface area contributed by atoms with Crippen LogP contribution in [0.2, 0.25) is 0 Å². The molecule has 0 aliphatic carbocycles. The lowest BCUT2D eigenvalue weighted by Crippen LogP contribution is -2.32. The summed E-state index contributed by atoms with van der Waals surface area (Å²) in [6.45, 7) is -0.230. The Hall–Kier alpha value is -1.92. The lowest BCUT2D eigenvalue weighted by atomic mass is 10.1. The molecule has 2 aromatic carbocycles. The molecule has 2 rings (SSSR count). The van der Waals surface area contributed by atoms with Crippen molar-refractivity contribution in [1.82, 2.24) is 5.32 Å². The van der Waals surface area contributed by atoms with Crippen molar-refractivity contribution < 1.29 is 19.0 Å². The predicted octanol–water partition coefficient (Wildman–Crippen LogP) is 2.99. The fourth-order valence-electron chi connectivity index (χ4n) is 2.17. The van der Waals surface area contributed by atoms with Gasteiger partial charge < -0.3 is 15.2 Å². The highest BCUT2D eigenvalue weighted by molar-refractivity contribution is 9.10. The number of carbonyl (C=O) groups is 1. The van der Waals surface area contributed by atoms with Crippen LogP contribution in [0.5, 0.6) is 5.75 Å². The molecule has 0 unspecified atom stereocenters. The molecule has 4 nitrogen and oxygen atoms in total. The van der Waals surface area contributed by atoms with Crippen LogP contribution in [-0.2, 0) is 11.2 Å². The first kappa shape index (κ1) is 17.4. The van der Waals surface area contributed by atoms with Gasteiger partial charge in [0, 0.05) is 0 Å². The van der Waals surface area contributed by atoms with E-state index in [0.717, 1.165) is 5.56 Å². The van der Waals surface area contributed by atoms with Crippen molar-refractivity contribution in [1.29, 1.82) is 0 Å². The molecule has 0 aliphatic rings. The zero-order valence-corrected chi connectivity index (χ0v) is 14.1. The molecule has 1 amide bonds. The molecule has 2 N–H and O–H groups in total. The van der Waals surface area contributed by atoms with Gasteiger partial charge in [0.1, 0.15) is 11.6 Å². The van der Waals surface area contributed by atoms with Crippen LogP contribution in [0.3, 0.4) is 0 Å². The van der Waals surface area contributed by atoms with Gasteiger partial charge in [0.15, 0.2) is 0 Å². The van der Waals surface area contributed by atoms with Gasteiger partial charge in [-0.3, -0.25) is 4.79 Å². The fraction of sp³-hybridized carbons (Fsp3) is 0.235.